The first kappa shape index (κ1) is 14.1. The number of aliphatic hydroxyl groups excluding tert-OH is 1. The molecule has 88 valence electrons. The average Bonchev–Trinajstić information content (AvgIpc) is 2.17. The highest BCUT2D eigenvalue weighted by molar-refractivity contribution is 5.76. The minimum absolute atomic E-state index is 0.00935. The molecule has 0 saturated heterocycles. The van der Waals surface area contributed by atoms with Gasteiger partial charge in [-0.1, -0.05) is 19.4 Å². The molecule has 4 nitrogen and oxygen atoms in total. The van der Waals surface area contributed by atoms with Crippen molar-refractivity contribution >= 4 is 5.91 Å². The van der Waals surface area contributed by atoms with Crippen molar-refractivity contribution in [1.29, 1.82) is 0 Å². The number of nitrogens with two attached hydrogens (primary N) is 1. The predicted octanol–water partition coefficient (Wildman–Crippen LogP) is 0.511. The minimum Gasteiger partial charge on any atom is -0.395 e. The highest BCUT2D eigenvalue weighted by Crippen LogP contribution is 2.02. The Morgan fingerprint density at radius 2 is 2.33 bits per heavy atom. The fraction of sp³-hybridized carbons (Fsp3) is 0.727. The molecule has 0 aliphatic heterocycles. The number of aliphatic hydroxyl groups is 1. The van der Waals surface area contributed by atoms with Crippen molar-refractivity contribution in [3.63, 3.8) is 0 Å². The molecule has 1 atom stereocenters. The Labute approximate surface area is 91.8 Å². The first-order chi connectivity index (χ1) is 7.15. The van der Waals surface area contributed by atoms with Crippen LogP contribution in [-0.4, -0.2) is 41.7 Å². The number of carbonyl (C=O) groups excluding carboxylic acids is 1. The first-order valence-corrected chi connectivity index (χ1v) is 5.40. The van der Waals surface area contributed by atoms with Crippen LogP contribution in [0.1, 0.15) is 26.2 Å². The summed E-state index contributed by atoms with van der Waals surface area (Å²) in [6.45, 7) is 6.41. The van der Waals surface area contributed by atoms with E-state index in [4.69, 9.17) is 10.8 Å². The van der Waals surface area contributed by atoms with Gasteiger partial charge >= 0.3 is 0 Å². The molecular formula is C11H22N2O2. The van der Waals surface area contributed by atoms with Gasteiger partial charge in [0.25, 0.3) is 0 Å². The molecule has 0 aromatic heterocycles. The van der Waals surface area contributed by atoms with Crippen LogP contribution in [0, 0.1) is 0 Å². The molecule has 1 unspecified atom stereocenters. The van der Waals surface area contributed by atoms with Gasteiger partial charge in [0.05, 0.1) is 6.61 Å². The van der Waals surface area contributed by atoms with Crippen molar-refractivity contribution in [3.8, 4) is 0 Å². The van der Waals surface area contributed by atoms with Crippen LogP contribution in [0.5, 0.6) is 0 Å². The van der Waals surface area contributed by atoms with Crippen molar-refractivity contribution < 1.29 is 9.90 Å². The van der Waals surface area contributed by atoms with Crippen LogP contribution in [0.15, 0.2) is 12.7 Å². The average molecular weight is 214 g/mol. The molecule has 0 rings (SSSR count). The van der Waals surface area contributed by atoms with E-state index < -0.39 is 0 Å². The summed E-state index contributed by atoms with van der Waals surface area (Å²) < 4.78 is 0. The van der Waals surface area contributed by atoms with E-state index in [2.05, 4.69) is 6.58 Å². The Kier molecular flexibility index (Phi) is 7.95. The zero-order chi connectivity index (χ0) is 11.7. The summed E-state index contributed by atoms with van der Waals surface area (Å²) >= 11 is 0. The van der Waals surface area contributed by atoms with E-state index in [0.717, 1.165) is 12.8 Å². The molecule has 0 fully saturated rings. The van der Waals surface area contributed by atoms with E-state index in [1.54, 1.807) is 11.0 Å². The molecule has 0 aliphatic carbocycles. The maximum atomic E-state index is 11.7. The number of rotatable bonds is 8. The molecule has 15 heavy (non-hydrogen) atoms. The Morgan fingerprint density at radius 3 is 2.80 bits per heavy atom. The van der Waals surface area contributed by atoms with E-state index >= 15 is 0 Å². The summed E-state index contributed by atoms with van der Waals surface area (Å²) in [5, 5.41) is 8.79. The molecule has 0 heterocycles. The smallest absolute Gasteiger partial charge is 0.224 e. The molecule has 0 spiro atoms. The second kappa shape index (κ2) is 8.44. The van der Waals surface area contributed by atoms with Crippen LogP contribution in [0.3, 0.4) is 0 Å². The SMILES string of the molecule is C=CCN(CCO)C(=O)CC(N)CCC. The molecule has 0 radical (unpaired) electrons. The van der Waals surface area contributed by atoms with Crippen LogP contribution in [0.4, 0.5) is 0 Å². The standard InChI is InChI=1S/C11H22N2O2/c1-3-5-10(12)9-11(15)13(6-4-2)7-8-14/h4,10,14H,2-3,5-9,12H2,1H3. The van der Waals surface area contributed by atoms with Gasteiger partial charge in [0, 0.05) is 25.6 Å². The molecule has 0 aromatic rings. The number of carbonyl (C=O) groups is 1. The highest BCUT2D eigenvalue weighted by atomic mass is 16.3. The molecular weight excluding hydrogens is 192 g/mol. The van der Waals surface area contributed by atoms with Gasteiger partial charge in [-0.2, -0.15) is 0 Å². The molecule has 0 aromatic carbocycles. The number of hydrogen-bond acceptors (Lipinski definition) is 3. The molecule has 4 heteroatoms. The Morgan fingerprint density at radius 1 is 1.67 bits per heavy atom. The second-order valence-electron chi connectivity index (χ2n) is 3.60. The van der Waals surface area contributed by atoms with Gasteiger partial charge in [0.1, 0.15) is 0 Å². The van der Waals surface area contributed by atoms with Crippen LogP contribution in [-0.2, 0) is 4.79 Å². The lowest BCUT2D eigenvalue weighted by atomic mass is 10.1. The van der Waals surface area contributed by atoms with E-state index in [0.29, 0.717) is 19.5 Å². The lowest BCUT2D eigenvalue weighted by Gasteiger charge is -2.21. The lowest BCUT2D eigenvalue weighted by molar-refractivity contribution is -0.131. The van der Waals surface area contributed by atoms with Gasteiger partial charge in [-0.05, 0) is 6.42 Å². The van der Waals surface area contributed by atoms with E-state index in [1.807, 2.05) is 6.92 Å². The molecule has 0 bridgehead atoms. The van der Waals surface area contributed by atoms with Crippen molar-refractivity contribution in [1.82, 2.24) is 4.90 Å². The van der Waals surface area contributed by atoms with Crippen LogP contribution >= 0.6 is 0 Å². The second-order valence-corrected chi connectivity index (χ2v) is 3.60. The van der Waals surface area contributed by atoms with Crippen molar-refractivity contribution in [2.24, 2.45) is 5.73 Å². The maximum Gasteiger partial charge on any atom is 0.224 e. The van der Waals surface area contributed by atoms with Crippen LogP contribution in [0.2, 0.25) is 0 Å². The van der Waals surface area contributed by atoms with E-state index in [-0.39, 0.29) is 18.6 Å². The fourth-order valence-corrected chi connectivity index (χ4v) is 1.42. The Balaban J connectivity index is 4.05. The number of amides is 1. The van der Waals surface area contributed by atoms with E-state index in [9.17, 15) is 4.79 Å². The third-order valence-corrected chi connectivity index (χ3v) is 2.17. The van der Waals surface area contributed by atoms with Gasteiger partial charge in [0.15, 0.2) is 0 Å². The van der Waals surface area contributed by atoms with Crippen molar-refractivity contribution in [3.05, 3.63) is 12.7 Å². The summed E-state index contributed by atoms with van der Waals surface area (Å²) in [6, 6.07) is -0.0755. The highest BCUT2D eigenvalue weighted by Gasteiger charge is 2.14. The summed E-state index contributed by atoms with van der Waals surface area (Å²) in [5.41, 5.74) is 5.78. The summed E-state index contributed by atoms with van der Waals surface area (Å²) in [5.74, 6) is -0.00935. The van der Waals surface area contributed by atoms with Gasteiger partial charge < -0.3 is 15.7 Å². The monoisotopic (exact) mass is 214 g/mol. The Hall–Kier alpha value is -0.870. The summed E-state index contributed by atoms with van der Waals surface area (Å²) in [6.07, 6.45) is 3.84. The third-order valence-electron chi connectivity index (χ3n) is 2.17. The predicted molar refractivity (Wildman–Crippen MR) is 61.4 cm³/mol. The molecule has 1 amide bonds. The Bertz CT molecular complexity index is 195. The summed E-state index contributed by atoms with van der Waals surface area (Å²) in [7, 11) is 0. The lowest BCUT2D eigenvalue weighted by Crippen LogP contribution is -2.37. The third kappa shape index (κ3) is 6.25. The topological polar surface area (TPSA) is 66.6 Å². The minimum atomic E-state index is -0.0755. The zero-order valence-corrected chi connectivity index (χ0v) is 9.48. The van der Waals surface area contributed by atoms with E-state index in [1.165, 1.54) is 0 Å². The number of hydrogen-bond donors (Lipinski definition) is 2. The van der Waals surface area contributed by atoms with Crippen LogP contribution in [0.25, 0.3) is 0 Å². The molecule has 0 saturated carbocycles. The molecule has 3 N–H and O–H groups in total. The van der Waals surface area contributed by atoms with Crippen LogP contribution < -0.4 is 5.73 Å². The zero-order valence-electron chi connectivity index (χ0n) is 9.48. The number of nitrogens with zero attached hydrogens (tertiary/aromatic N) is 1. The van der Waals surface area contributed by atoms with Crippen molar-refractivity contribution in [2.75, 3.05) is 19.7 Å². The summed E-state index contributed by atoms with van der Waals surface area (Å²) in [4.78, 5) is 13.3. The molecule has 0 aliphatic rings. The van der Waals surface area contributed by atoms with Gasteiger partial charge in [-0.25, -0.2) is 0 Å². The van der Waals surface area contributed by atoms with Gasteiger partial charge in [0.2, 0.25) is 5.91 Å². The largest absolute Gasteiger partial charge is 0.395 e. The van der Waals surface area contributed by atoms with Crippen molar-refractivity contribution in [2.45, 2.75) is 32.2 Å². The van der Waals surface area contributed by atoms with Gasteiger partial charge in [-0.3, -0.25) is 4.79 Å². The van der Waals surface area contributed by atoms with Gasteiger partial charge in [-0.15, -0.1) is 6.58 Å². The maximum absolute atomic E-state index is 11.7. The quantitative estimate of drug-likeness (QED) is 0.579. The fourth-order valence-electron chi connectivity index (χ4n) is 1.42. The normalized spacial score (nSPS) is 12.2. The first-order valence-electron chi connectivity index (χ1n) is 5.40.